The second-order valence-electron chi connectivity index (χ2n) is 3.99. The van der Waals surface area contributed by atoms with Gasteiger partial charge in [-0.25, -0.2) is 4.39 Å². The molecule has 0 fully saturated rings. The lowest BCUT2D eigenvalue weighted by atomic mass is 10.0. The minimum atomic E-state index is -0.205. The summed E-state index contributed by atoms with van der Waals surface area (Å²) in [6, 6.07) is 6.58. The Bertz CT molecular complexity index is 286. The van der Waals surface area contributed by atoms with Crippen molar-refractivity contribution in [3.8, 4) is 0 Å². The van der Waals surface area contributed by atoms with Crippen molar-refractivity contribution in [1.29, 1.82) is 0 Å². The lowest BCUT2D eigenvalue weighted by Crippen LogP contribution is -2.24. The second kappa shape index (κ2) is 7.36. The third-order valence-electron chi connectivity index (χ3n) is 2.39. The largest absolute Gasteiger partial charge is 0.381 e. The molecular formula is C13H20FNO. The minimum absolute atomic E-state index is 0.0855. The Morgan fingerprint density at radius 3 is 2.56 bits per heavy atom. The number of hydrogen-bond donors (Lipinski definition) is 1. The average Bonchev–Trinajstić information content (AvgIpc) is 2.28. The van der Waals surface area contributed by atoms with Crippen molar-refractivity contribution in [1.82, 2.24) is 0 Å². The number of ether oxygens (including phenoxy) is 1. The maximum absolute atomic E-state index is 12.7. The van der Waals surface area contributed by atoms with E-state index >= 15 is 0 Å². The van der Waals surface area contributed by atoms with Crippen molar-refractivity contribution in [3.63, 3.8) is 0 Å². The standard InChI is InChI=1S/C13H20FNO/c1-2-8-16-9-7-13(15)10-11-3-5-12(14)6-4-11/h3-6,13H,2,7-10,15H2,1H3. The van der Waals surface area contributed by atoms with Crippen molar-refractivity contribution in [2.24, 2.45) is 5.73 Å². The van der Waals surface area contributed by atoms with E-state index in [0.717, 1.165) is 31.4 Å². The van der Waals surface area contributed by atoms with Gasteiger partial charge in [0.2, 0.25) is 0 Å². The van der Waals surface area contributed by atoms with E-state index in [2.05, 4.69) is 6.92 Å². The van der Waals surface area contributed by atoms with Gasteiger partial charge in [0, 0.05) is 19.3 Å². The van der Waals surface area contributed by atoms with Gasteiger partial charge >= 0.3 is 0 Å². The zero-order valence-corrected chi connectivity index (χ0v) is 9.79. The van der Waals surface area contributed by atoms with Gasteiger partial charge in [0.1, 0.15) is 5.82 Å². The van der Waals surface area contributed by atoms with E-state index in [4.69, 9.17) is 10.5 Å². The summed E-state index contributed by atoms with van der Waals surface area (Å²) < 4.78 is 18.0. The molecule has 90 valence electrons. The van der Waals surface area contributed by atoms with Gasteiger partial charge in [-0.05, 0) is 37.0 Å². The second-order valence-corrected chi connectivity index (χ2v) is 3.99. The molecule has 16 heavy (non-hydrogen) atoms. The van der Waals surface area contributed by atoms with Crippen LogP contribution in [-0.2, 0) is 11.2 Å². The molecule has 0 aliphatic rings. The normalized spacial score (nSPS) is 12.7. The van der Waals surface area contributed by atoms with Crippen molar-refractivity contribution >= 4 is 0 Å². The summed E-state index contributed by atoms with van der Waals surface area (Å²) in [5, 5.41) is 0. The van der Waals surface area contributed by atoms with Crippen LogP contribution in [0.4, 0.5) is 4.39 Å². The zero-order chi connectivity index (χ0) is 11.8. The molecule has 1 atom stereocenters. The van der Waals surface area contributed by atoms with Gasteiger partial charge < -0.3 is 10.5 Å². The fourth-order valence-electron chi connectivity index (χ4n) is 1.51. The fourth-order valence-corrected chi connectivity index (χ4v) is 1.51. The molecule has 0 aromatic heterocycles. The molecule has 0 saturated heterocycles. The first-order valence-corrected chi connectivity index (χ1v) is 5.80. The van der Waals surface area contributed by atoms with Crippen LogP contribution in [0.5, 0.6) is 0 Å². The summed E-state index contributed by atoms with van der Waals surface area (Å²) in [7, 11) is 0. The molecule has 1 aromatic rings. The SMILES string of the molecule is CCCOCCC(N)Cc1ccc(F)cc1. The van der Waals surface area contributed by atoms with Crippen LogP contribution in [0.1, 0.15) is 25.3 Å². The maximum Gasteiger partial charge on any atom is 0.123 e. The number of benzene rings is 1. The third kappa shape index (κ3) is 5.24. The highest BCUT2D eigenvalue weighted by atomic mass is 19.1. The molecule has 2 N–H and O–H groups in total. The summed E-state index contributed by atoms with van der Waals surface area (Å²) in [4.78, 5) is 0. The first-order valence-electron chi connectivity index (χ1n) is 5.80. The van der Waals surface area contributed by atoms with E-state index in [1.165, 1.54) is 12.1 Å². The minimum Gasteiger partial charge on any atom is -0.381 e. The molecule has 0 saturated carbocycles. The molecule has 0 spiro atoms. The lowest BCUT2D eigenvalue weighted by molar-refractivity contribution is 0.127. The van der Waals surface area contributed by atoms with Gasteiger partial charge in [-0.1, -0.05) is 19.1 Å². The summed E-state index contributed by atoms with van der Waals surface area (Å²) >= 11 is 0. The van der Waals surface area contributed by atoms with Crippen LogP contribution in [0, 0.1) is 5.82 Å². The van der Waals surface area contributed by atoms with Crippen LogP contribution in [0.15, 0.2) is 24.3 Å². The van der Waals surface area contributed by atoms with Crippen LogP contribution in [0.25, 0.3) is 0 Å². The maximum atomic E-state index is 12.7. The number of hydrogen-bond acceptors (Lipinski definition) is 2. The summed E-state index contributed by atoms with van der Waals surface area (Å²) in [6.45, 7) is 3.58. The third-order valence-corrected chi connectivity index (χ3v) is 2.39. The van der Waals surface area contributed by atoms with Crippen LogP contribution in [-0.4, -0.2) is 19.3 Å². The van der Waals surface area contributed by atoms with Gasteiger partial charge in [-0.3, -0.25) is 0 Å². The van der Waals surface area contributed by atoms with Crippen molar-refractivity contribution < 1.29 is 9.13 Å². The highest BCUT2D eigenvalue weighted by Gasteiger charge is 2.04. The highest BCUT2D eigenvalue weighted by molar-refractivity contribution is 5.16. The van der Waals surface area contributed by atoms with Crippen LogP contribution < -0.4 is 5.73 Å². The molecule has 0 heterocycles. The molecular weight excluding hydrogens is 205 g/mol. The van der Waals surface area contributed by atoms with Gasteiger partial charge in [0.15, 0.2) is 0 Å². The molecule has 0 amide bonds. The monoisotopic (exact) mass is 225 g/mol. The average molecular weight is 225 g/mol. The van der Waals surface area contributed by atoms with E-state index < -0.39 is 0 Å². The van der Waals surface area contributed by atoms with E-state index in [0.29, 0.717) is 6.61 Å². The Hall–Kier alpha value is -0.930. The number of rotatable bonds is 7. The van der Waals surface area contributed by atoms with Gasteiger partial charge in [0.05, 0.1) is 0 Å². The Labute approximate surface area is 96.6 Å². The van der Waals surface area contributed by atoms with Gasteiger partial charge in [-0.2, -0.15) is 0 Å². The van der Waals surface area contributed by atoms with Gasteiger partial charge in [-0.15, -0.1) is 0 Å². The lowest BCUT2D eigenvalue weighted by Gasteiger charge is -2.11. The Morgan fingerprint density at radius 1 is 1.25 bits per heavy atom. The number of nitrogens with two attached hydrogens (primary N) is 1. The van der Waals surface area contributed by atoms with E-state index in [-0.39, 0.29) is 11.9 Å². The van der Waals surface area contributed by atoms with Crippen molar-refractivity contribution in [3.05, 3.63) is 35.6 Å². The van der Waals surface area contributed by atoms with Gasteiger partial charge in [0.25, 0.3) is 0 Å². The quantitative estimate of drug-likeness (QED) is 0.724. The Balaban J connectivity index is 2.23. The molecule has 3 heteroatoms. The zero-order valence-electron chi connectivity index (χ0n) is 9.79. The Kier molecular flexibility index (Phi) is 6.04. The predicted molar refractivity (Wildman–Crippen MR) is 63.8 cm³/mol. The molecule has 0 aliphatic heterocycles. The highest BCUT2D eigenvalue weighted by Crippen LogP contribution is 2.06. The van der Waals surface area contributed by atoms with Crippen molar-refractivity contribution in [2.45, 2.75) is 32.2 Å². The van der Waals surface area contributed by atoms with E-state index in [1.807, 2.05) is 0 Å². The summed E-state index contributed by atoms with van der Waals surface area (Å²) in [6.07, 6.45) is 2.65. The fraction of sp³-hybridized carbons (Fsp3) is 0.538. The molecule has 1 rings (SSSR count). The first kappa shape index (κ1) is 13.1. The smallest absolute Gasteiger partial charge is 0.123 e. The molecule has 0 bridgehead atoms. The molecule has 1 unspecified atom stereocenters. The molecule has 1 aromatic carbocycles. The van der Waals surface area contributed by atoms with Crippen LogP contribution >= 0.6 is 0 Å². The summed E-state index contributed by atoms with van der Waals surface area (Å²) in [5.41, 5.74) is 7.03. The van der Waals surface area contributed by atoms with Crippen LogP contribution in [0.3, 0.4) is 0 Å². The van der Waals surface area contributed by atoms with Crippen LogP contribution in [0.2, 0.25) is 0 Å². The Morgan fingerprint density at radius 2 is 1.94 bits per heavy atom. The number of halogens is 1. The first-order chi connectivity index (χ1) is 7.72. The molecule has 0 radical (unpaired) electrons. The summed E-state index contributed by atoms with van der Waals surface area (Å²) in [5.74, 6) is -0.205. The van der Waals surface area contributed by atoms with Crippen molar-refractivity contribution in [2.75, 3.05) is 13.2 Å². The van der Waals surface area contributed by atoms with E-state index in [1.54, 1.807) is 12.1 Å². The molecule has 0 aliphatic carbocycles. The molecule has 2 nitrogen and oxygen atoms in total. The predicted octanol–water partition coefficient (Wildman–Crippen LogP) is 2.51. The van der Waals surface area contributed by atoms with E-state index in [9.17, 15) is 4.39 Å². The topological polar surface area (TPSA) is 35.2 Å².